The molecule has 134 valence electrons. The number of thioether (sulfide) groups is 1. The summed E-state index contributed by atoms with van der Waals surface area (Å²) in [5.74, 6) is 2.46. The van der Waals surface area contributed by atoms with Gasteiger partial charge in [-0.05, 0) is 42.7 Å². The highest BCUT2D eigenvalue weighted by Gasteiger charge is 2.15. The van der Waals surface area contributed by atoms with Crippen molar-refractivity contribution in [3.05, 3.63) is 64.7 Å². The molecule has 25 heavy (non-hydrogen) atoms. The number of rotatable bonds is 9. The summed E-state index contributed by atoms with van der Waals surface area (Å²) < 4.78 is 5.80. The Bertz CT molecular complexity index is 676. The van der Waals surface area contributed by atoms with E-state index in [9.17, 15) is 4.79 Å². The summed E-state index contributed by atoms with van der Waals surface area (Å²) in [6, 6.07) is 15.7. The SMILES string of the molecule is CCc1ccccc1O[C@@H](C)C(=O)NCCSCc1ccc(Cl)cc1. The fourth-order valence-electron chi connectivity index (χ4n) is 2.32. The van der Waals surface area contributed by atoms with E-state index in [-0.39, 0.29) is 5.91 Å². The van der Waals surface area contributed by atoms with Crippen LogP contribution in [0, 0.1) is 0 Å². The number of hydrogen-bond donors (Lipinski definition) is 1. The van der Waals surface area contributed by atoms with E-state index in [1.165, 1.54) is 5.56 Å². The normalized spacial score (nSPS) is 11.8. The summed E-state index contributed by atoms with van der Waals surface area (Å²) in [6.07, 6.45) is 0.375. The number of ether oxygens (including phenoxy) is 1. The zero-order valence-electron chi connectivity index (χ0n) is 14.6. The molecule has 0 fully saturated rings. The first kappa shape index (κ1) is 19.7. The van der Waals surface area contributed by atoms with E-state index in [1.54, 1.807) is 18.7 Å². The highest BCUT2D eigenvalue weighted by molar-refractivity contribution is 7.98. The number of aryl methyl sites for hydroxylation is 1. The number of halogens is 1. The van der Waals surface area contributed by atoms with Crippen LogP contribution in [-0.4, -0.2) is 24.3 Å². The van der Waals surface area contributed by atoms with Gasteiger partial charge in [0.2, 0.25) is 0 Å². The lowest BCUT2D eigenvalue weighted by molar-refractivity contribution is -0.127. The number of benzene rings is 2. The quantitative estimate of drug-likeness (QED) is 0.642. The highest BCUT2D eigenvalue weighted by atomic mass is 35.5. The molecule has 0 heterocycles. The van der Waals surface area contributed by atoms with Crippen LogP contribution in [0.1, 0.15) is 25.0 Å². The molecule has 0 aliphatic carbocycles. The van der Waals surface area contributed by atoms with Crippen molar-refractivity contribution in [2.45, 2.75) is 32.1 Å². The number of nitrogens with one attached hydrogen (secondary N) is 1. The molecular weight excluding hydrogens is 354 g/mol. The van der Waals surface area contributed by atoms with Crippen molar-refractivity contribution in [3.63, 3.8) is 0 Å². The number of amides is 1. The van der Waals surface area contributed by atoms with Crippen LogP contribution in [0.15, 0.2) is 48.5 Å². The third kappa shape index (κ3) is 6.63. The van der Waals surface area contributed by atoms with Crippen molar-refractivity contribution in [1.82, 2.24) is 5.32 Å². The van der Waals surface area contributed by atoms with Crippen molar-refractivity contribution in [1.29, 1.82) is 0 Å². The van der Waals surface area contributed by atoms with Crippen LogP contribution in [0.2, 0.25) is 5.02 Å². The molecule has 2 rings (SSSR count). The summed E-state index contributed by atoms with van der Waals surface area (Å²) in [5.41, 5.74) is 2.34. The van der Waals surface area contributed by atoms with Crippen LogP contribution >= 0.6 is 23.4 Å². The molecule has 1 amide bonds. The molecule has 2 aromatic rings. The Morgan fingerprint density at radius 1 is 1.20 bits per heavy atom. The molecule has 0 radical (unpaired) electrons. The zero-order valence-corrected chi connectivity index (χ0v) is 16.2. The lowest BCUT2D eigenvalue weighted by Gasteiger charge is -2.16. The molecule has 0 unspecified atom stereocenters. The first-order chi connectivity index (χ1) is 12.1. The van der Waals surface area contributed by atoms with Gasteiger partial charge in [0.15, 0.2) is 6.10 Å². The predicted octanol–water partition coefficient (Wildman–Crippen LogP) is 4.72. The van der Waals surface area contributed by atoms with Gasteiger partial charge in [0, 0.05) is 23.1 Å². The first-order valence-electron chi connectivity index (χ1n) is 8.44. The van der Waals surface area contributed by atoms with E-state index in [4.69, 9.17) is 16.3 Å². The monoisotopic (exact) mass is 377 g/mol. The number of hydrogen-bond acceptors (Lipinski definition) is 3. The van der Waals surface area contributed by atoms with Crippen LogP contribution in [0.5, 0.6) is 5.75 Å². The van der Waals surface area contributed by atoms with Gasteiger partial charge in [0.25, 0.3) is 5.91 Å². The maximum absolute atomic E-state index is 12.2. The minimum Gasteiger partial charge on any atom is -0.481 e. The Balaban J connectivity index is 1.68. The fourth-order valence-corrected chi connectivity index (χ4v) is 3.26. The second kappa shape index (κ2) is 10.4. The Hall–Kier alpha value is -1.65. The summed E-state index contributed by atoms with van der Waals surface area (Å²) >= 11 is 7.65. The van der Waals surface area contributed by atoms with E-state index in [2.05, 4.69) is 12.2 Å². The minimum atomic E-state index is -0.506. The van der Waals surface area contributed by atoms with Crippen molar-refractivity contribution in [3.8, 4) is 5.75 Å². The first-order valence-corrected chi connectivity index (χ1v) is 9.98. The van der Waals surface area contributed by atoms with E-state index in [0.717, 1.165) is 34.3 Å². The molecule has 0 bridgehead atoms. The van der Waals surface area contributed by atoms with Crippen molar-refractivity contribution in [2.75, 3.05) is 12.3 Å². The minimum absolute atomic E-state index is 0.0852. The van der Waals surface area contributed by atoms with Crippen LogP contribution in [-0.2, 0) is 17.0 Å². The summed E-state index contributed by atoms with van der Waals surface area (Å²) in [5, 5.41) is 3.68. The molecule has 0 aliphatic rings. The number of carbonyl (C=O) groups is 1. The second-order valence-corrected chi connectivity index (χ2v) is 7.23. The maximum atomic E-state index is 12.2. The van der Waals surface area contributed by atoms with Gasteiger partial charge in [0.1, 0.15) is 5.75 Å². The molecule has 0 saturated carbocycles. The van der Waals surface area contributed by atoms with Crippen molar-refractivity contribution < 1.29 is 9.53 Å². The van der Waals surface area contributed by atoms with Crippen LogP contribution in [0.3, 0.4) is 0 Å². The average Bonchev–Trinajstić information content (AvgIpc) is 2.63. The largest absolute Gasteiger partial charge is 0.481 e. The third-order valence-electron chi connectivity index (χ3n) is 3.75. The van der Waals surface area contributed by atoms with Gasteiger partial charge >= 0.3 is 0 Å². The lowest BCUT2D eigenvalue weighted by Crippen LogP contribution is -2.37. The second-order valence-electron chi connectivity index (χ2n) is 5.69. The molecule has 2 aromatic carbocycles. The smallest absolute Gasteiger partial charge is 0.260 e. The molecule has 0 aliphatic heterocycles. The van der Waals surface area contributed by atoms with Gasteiger partial charge in [-0.2, -0.15) is 11.8 Å². The number of carbonyl (C=O) groups excluding carboxylic acids is 1. The fraction of sp³-hybridized carbons (Fsp3) is 0.350. The van der Waals surface area contributed by atoms with E-state index >= 15 is 0 Å². The van der Waals surface area contributed by atoms with Gasteiger partial charge in [-0.3, -0.25) is 4.79 Å². The summed E-state index contributed by atoms with van der Waals surface area (Å²) in [7, 11) is 0. The van der Waals surface area contributed by atoms with Gasteiger partial charge in [-0.15, -0.1) is 0 Å². The standard InChI is InChI=1S/C20H24ClNO2S/c1-3-17-6-4-5-7-19(17)24-15(2)20(23)22-12-13-25-14-16-8-10-18(21)11-9-16/h4-11,15H,3,12-14H2,1-2H3,(H,22,23)/t15-/m0/s1. The maximum Gasteiger partial charge on any atom is 0.260 e. The molecule has 0 aromatic heterocycles. The molecule has 1 atom stereocenters. The third-order valence-corrected chi connectivity index (χ3v) is 5.04. The van der Waals surface area contributed by atoms with Crippen molar-refractivity contribution in [2.24, 2.45) is 0 Å². The highest BCUT2D eigenvalue weighted by Crippen LogP contribution is 2.19. The average molecular weight is 378 g/mol. The summed E-state index contributed by atoms with van der Waals surface area (Å²) in [4.78, 5) is 12.2. The van der Waals surface area contributed by atoms with E-state index in [0.29, 0.717) is 6.54 Å². The van der Waals surface area contributed by atoms with Crippen LogP contribution in [0.25, 0.3) is 0 Å². The van der Waals surface area contributed by atoms with E-state index < -0.39 is 6.10 Å². The van der Waals surface area contributed by atoms with Crippen molar-refractivity contribution >= 4 is 29.3 Å². The molecule has 0 spiro atoms. The Labute approximate surface area is 159 Å². The molecular formula is C20H24ClNO2S. The van der Waals surface area contributed by atoms with Crippen LogP contribution < -0.4 is 10.1 Å². The molecule has 1 N–H and O–H groups in total. The predicted molar refractivity (Wildman–Crippen MR) is 107 cm³/mol. The molecule has 5 heteroatoms. The zero-order chi connectivity index (χ0) is 18.1. The van der Waals surface area contributed by atoms with Gasteiger partial charge in [-0.25, -0.2) is 0 Å². The molecule has 3 nitrogen and oxygen atoms in total. The lowest BCUT2D eigenvalue weighted by atomic mass is 10.1. The topological polar surface area (TPSA) is 38.3 Å². The van der Waals surface area contributed by atoms with Crippen LogP contribution in [0.4, 0.5) is 0 Å². The van der Waals surface area contributed by atoms with Gasteiger partial charge in [-0.1, -0.05) is 48.9 Å². The Kier molecular flexibility index (Phi) is 8.16. The Morgan fingerprint density at radius 2 is 1.92 bits per heavy atom. The number of para-hydroxylation sites is 1. The van der Waals surface area contributed by atoms with Gasteiger partial charge < -0.3 is 10.1 Å². The molecule has 0 saturated heterocycles. The van der Waals surface area contributed by atoms with Gasteiger partial charge in [0.05, 0.1) is 0 Å². The summed E-state index contributed by atoms with van der Waals surface area (Å²) in [6.45, 7) is 4.48. The van der Waals surface area contributed by atoms with E-state index in [1.807, 2.05) is 48.5 Å². The Morgan fingerprint density at radius 3 is 2.64 bits per heavy atom.